The summed E-state index contributed by atoms with van der Waals surface area (Å²) in [6.07, 6.45) is 42.9. The molecule has 1 fully saturated rings. The smallest absolute Gasteiger partial charge is 0.170 e. The average molecular weight is 856 g/mol. The van der Waals surface area contributed by atoms with Crippen molar-refractivity contribution in [2.75, 3.05) is 0 Å². The van der Waals surface area contributed by atoms with Crippen molar-refractivity contribution in [3.8, 4) is 0 Å². The second-order valence-corrected chi connectivity index (χ2v) is 19.7. The summed E-state index contributed by atoms with van der Waals surface area (Å²) in [4.78, 5) is 13.9. The van der Waals surface area contributed by atoms with E-state index in [4.69, 9.17) is 9.98 Å². The Hall–Kier alpha value is -6.98. The van der Waals surface area contributed by atoms with Crippen LogP contribution in [0.5, 0.6) is 0 Å². The van der Waals surface area contributed by atoms with E-state index in [9.17, 15) is 0 Å². The minimum Gasteiger partial charge on any atom is -0.341 e. The molecule has 9 aliphatic rings. The number of rotatable bonds is 5. The van der Waals surface area contributed by atoms with E-state index in [1.807, 2.05) is 0 Å². The lowest BCUT2D eigenvalue weighted by Crippen LogP contribution is -2.39. The molecule has 3 heterocycles. The fourth-order valence-electron chi connectivity index (χ4n) is 13.0. The van der Waals surface area contributed by atoms with Crippen LogP contribution in [-0.2, 0) is 19.3 Å². The third kappa shape index (κ3) is 6.12. The average Bonchev–Trinajstić information content (AvgIpc) is 3.89. The van der Waals surface area contributed by atoms with Crippen molar-refractivity contribution in [3.05, 3.63) is 219 Å². The normalized spacial score (nSPS) is 26.8. The minimum atomic E-state index is -0.358. The van der Waals surface area contributed by atoms with Crippen LogP contribution in [0.1, 0.15) is 78.1 Å². The molecule has 0 amide bonds. The molecule has 5 heteroatoms. The zero-order chi connectivity index (χ0) is 43.3. The van der Waals surface area contributed by atoms with Crippen molar-refractivity contribution in [2.24, 2.45) is 27.7 Å². The van der Waals surface area contributed by atoms with E-state index in [0.717, 1.165) is 75.0 Å². The van der Waals surface area contributed by atoms with Crippen LogP contribution in [0, 0.1) is 17.8 Å². The molecule has 5 aromatic rings. The van der Waals surface area contributed by atoms with Crippen LogP contribution < -0.4 is 5.32 Å². The predicted molar refractivity (Wildman–Crippen MR) is 273 cm³/mol. The van der Waals surface area contributed by atoms with Gasteiger partial charge in [-0.3, -0.25) is 0 Å². The number of aryl methyl sites for hydroxylation is 2. The van der Waals surface area contributed by atoms with Gasteiger partial charge in [0.05, 0.1) is 6.04 Å². The Morgan fingerprint density at radius 3 is 2.48 bits per heavy atom. The summed E-state index contributed by atoms with van der Waals surface area (Å²) in [5, 5.41) is 7.79. The second kappa shape index (κ2) is 15.3. The number of aliphatic imine (C=N–C) groups is 2. The Kier molecular flexibility index (Phi) is 8.88. The Balaban J connectivity index is 0.890. The van der Waals surface area contributed by atoms with E-state index in [1.165, 1.54) is 83.3 Å². The molecule has 6 atom stereocenters. The molecule has 1 N–H and O–H groups in total. The zero-order valence-corrected chi connectivity index (χ0v) is 37.3. The van der Waals surface area contributed by atoms with Crippen LogP contribution >= 0.6 is 0 Å². The van der Waals surface area contributed by atoms with Gasteiger partial charge in [0.1, 0.15) is 11.7 Å². The predicted octanol–water partition coefficient (Wildman–Crippen LogP) is 13.1. The molecule has 6 unspecified atom stereocenters. The minimum absolute atomic E-state index is 0.263. The molecule has 66 heavy (non-hydrogen) atoms. The number of benzene rings is 4. The molecule has 14 rings (SSSR count). The van der Waals surface area contributed by atoms with Crippen molar-refractivity contribution >= 4 is 51.6 Å². The van der Waals surface area contributed by atoms with Gasteiger partial charge in [-0.05, 0) is 144 Å². The Bertz CT molecular complexity index is 3310. The number of hydrogen-bond donors (Lipinski definition) is 1. The van der Waals surface area contributed by atoms with E-state index < -0.39 is 0 Å². The second-order valence-electron chi connectivity index (χ2n) is 19.7. The van der Waals surface area contributed by atoms with E-state index in [0.29, 0.717) is 17.9 Å². The van der Waals surface area contributed by atoms with Crippen LogP contribution in [0.15, 0.2) is 195 Å². The highest BCUT2D eigenvalue weighted by atomic mass is 15.2. The highest BCUT2D eigenvalue weighted by molar-refractivity contribution is 6.18. The lowest BCUT2D eigenvalue weighted by atomic mass is 9.77. The number of fused-ring (bicyclic) bond motifs is 11. The van der Waals surface area contributed by atoms with Gasteiger partial charge >= 0.3 is 0 Å². The molecule has 1 aromatic heterocycles. The van der Waals surface area contributed by atoms with Gasteiger partial charge in [-0.15, -0.1) is 0 Å². The van der Waals surface area contributed by atoms with Crippen LogP contribution in [0.4, 0.5) is 0 Å². The monoisotopic (exact) mass is 855 g/mol. The summed E-state index contributed by atoms with van der Waals surface area (Å²) in [7, 11) is 0. The largest absolute Gasteiger partial charge is 0.341 e. The van der Waals surface area contributed by atoms with E-state index in [2.05, 4.69) is 185 Å². The van der Waals surface area contributed by atoms with Gasteiger partial charge in [-0.1, -0.05) is 134 Å². The molecular weight excluding hydrogens is 803 g/mol. The summed E-state index contributed by atoms with van der Waals surface area (Å²) >= 11 is 0. The summed E-state index contributed by atoms with van der Waals surface area (Å²) in [5.41, 5.74) is 17.6. The first-order valence-corrected chi connectivity index (χ1v) is 24.6. The Morgan fingerprint density at radius 1 is 0.652 bits per heavy atom. The number of amidine groups is 2. The number of nitrogens with one attached hydrogen (secondary N) is 1. The maximum absolute atomic E-state index is 5.59. The van der Waals surface area contributed by atoms with Gasteiger partial charge in [0, 0.05) is 62.9 Å². The van der Waals surface area contributed by atoms with Gasteiger partial charge < -0.3 is 14.8 Å². The number of likely N-dealkylation sites (tertiary alicyclic amines) is 1. The van der Waals surface area contributed by atoms with E-state index in [1.54, 1.807) is 0 Å². The fraction of sp³-hybridized carbons (Fsp3) is 0.246. The fourth-order valence-corrected chi connectivity index (χ4v) is 13.0. The van der Waals surface area contributed by atoms with Crippen molar-refractivity contribution in [1.29, 1.82) is 0 Å². The third-order valence-corrected chi connectivity index (χ3v) is 16.1. The lowest BCUT2D eigenvalue weighted by Gasteiger charge is -2.38. The van der Waals surface area contributed by atoms with Crippen molar-refractivity contribution in [1.82, 2.24) is 14.8 Å². The van der Waals surface area contributed by atoms with Crippen molar-refractivity contribution in [2.45, 2.75) is 76.0 Å². The van der Waals surface area contributed by atoms with Gasteiger partial charge in [0.25, 0.3) is 0 Å². The first-order chi connectivity index (χ1) is 32.7. The molecule has 5 nitrogen and oxygen atoms in total. The first kappa shape index (κ1) is 38.3. The third-order valence-electron chi connectivity index (χ3n) is 16.1. The molecule has 7 aliphatic carbocycles. The van der Waals surface area contributed by atoms with Crippen LogP contribution in [0.25, 0.3) is 39.9 Å². The van der Waals surface area contributed by atoms with Crippen molar-refractivity contribution in [3.63, 3.8) is 0 Å². The van der Waals surface area contributed by atoms with E-state index >= 15 is 0 Å². The van der Waals surface area contributed by atoms with Crippen LogP contribution in [-0.4, -0.2) is 33.3 Å². The van der Waals surface area contributed by atoms with Crippen molar-refractivity contribution < 1.29 is 0 Å². The summed E-state index contributed by atoms with van der Waals surface area (Å²) in [6, 6.07) is 32.2. The molecule has 0 bridgehead atoms. The Labute approximate surface area is 387 Å². The maximum atomic E-state index is 5.59. The maximum Gasteiger partial charge on any atom is 0.170 e. The summed E-state index contributed by atoms with van der Waals surface area (Å²) in [6.45, 7) is 0. The quantitative estimate of drug-likeness (QED) is 0.179. The summed E-state index contributed by atoms with van der Waals surface area (Å²) in [5.74, 6) is 3.01. The zero-order valence-electron chi connectivity index (χ0n) is 37.3. The number of hydrogen-bond acceptors (Lipinski definition) is 4. The van der Waals surface area contributed by atoms with Gasteiger partial charge in [-0.25, -0.2) is 9.98 Å². The molecular formula is C61H53N5. The number of para-hydroxylation sites is 1. The molecule has 0 spiro atoms. The molecule has 322 valence electrons. The Morgan fingerprint density at radius 2 is 1.53 bits per heavy atom. The number of allylic oxidation sites excluding steroid dienone is 10. The number of aromatic nitrogens is 1. The molecule has 1 saturated heterocycles. The van der Waals surface area contributed by atoms with Crippen LogP contribution in [0.2, 0.25) is 0 Å². The van der Waals surface area contributed by atoms with E-state index in [-0.39, 0.29) is 18.1 Å². The summed E-state index contributed by atoms with van der Waals surface area (Å²) < 4.78 is 2.67. The molecule has 0 radical (unpaired) electrons. The highest BCUT2D eigenvalue weighted by Gasteiger charge is 2.49. The van der Waals surface area contributed by atoms with Gasteiger partial charge in [-0.2, -0.15) is 0 Å². The van der Waals surface area contributed by atoms with Gasteiger partial charge in [0.2, 0.25) is 0 Å². The first-order valence-electron chi connectivity index (χ1n) is 24.6. The van der Waals surface area contributed by atoms with Crippen LogP contribution in [0.3, 0.4) is 0 Å². The van der Waals surface area contributed by atoms with Gasteiger partial charge in [0.15, 0.2) is 6.17 Å². The SMILES string of the molecule is C1=CC(C2=NC(C3=C4C=C(N5C6=Cc7ccccc7CC6C6C=CC(n7c8c(c9ccccc97)CCC=C8)CC65)C=CC4CC=C3)N=C(C3=Cc4c(ccc5ccccc45)CC3)N2)=CCC1. The topological polar surface area (TPSA) is 44.9 Å². The number of nitrogens with zero attached hydrogens (tertiary/aromatic N) is 4. The molecule has 4 aromatic carbocycles. The lowest BCUT2D eigenvalue weighted by molar-refractivity contribution is 0.272. The standard InChI is InChI=1S/C61H53N5/c1-2-14-41(15-3-1)59-62-60(44-28-27-40-26-25-38-13-6-7-19-47(38)52(40)34-44)64-61(63-59)51-22-12-18-39-29-30-45(36-53(39)51)66-57-35-43-17-5-4-16-42(43)33-54(57)50-32-31-46(37-58(50)66)65-55-23-10-8-20-48(55)49-21-9-11-24-56(49)65/h2,4-8,10-17,19-20,22-26,29-32,34-36,39,46,50,54,58,61H,1,3,9,18,21,27-28,33,37H2,(H,62,63,64). The molecule has 0 saturated carbocycles. The molecule has 2 aliphatic heterocycles. The highest BCUT2D eigenvalue weighted by Crippen LogP contribution is 2.53.